The molecule has 1 aliphatic heterocycles. The van der Waals surface area contributed by atoms with Gasteiger partial charge in [0.2, 0.25) is 0 Å². The second kappa shape index (κ2) is 3.95. The Labute approximate surface area is 114 Å². The number of carbonyl (C=O) groups excluding carboxylic acids is 1. The second-order valence-electron chi connectivity index (χ2n) is 7.29. The van der Waals surface area contributed by atoms with E-state index in [9.17, 15) is 15.0 Å². The van der Waals surface area contributed by atoms with Gasteiger partial charge in [0.1, 0.15) is 6.10 Å². The van der Waals surface area contributed by atoms with Gasteiger partial charge in [-0.3, -0.25) is 4.79 Å². The van der Waals surface area contributed by atoms with Crippen molar-refractivity contribution in [1.82, 2.24) is 0 Å². The van der Waals surface area contributed by atoms with Crippen LogP contribution in [0.4, 0.5) is 0 Å². The van der Waals surface area contributed by atoms with E-state index >= 15 is 0 Å². The number of carbonyl (C=O) groups is 1. The molecule has 4 nitrogen and oxygen atoms in total. The minimum atomic E-state index is -0.859. The van der Waals surface area contributed by atoms with Gasteiger partial charge in [-0.15, -0.1) is 0 Å². The predicted octanol–water partition coefficient (Wildman–Crippen LogP) is 1.49. The maximum atomic E-state index is 11.8. The summed E-state index contributed by atoms with van der Waals surface area (Å²) in [4.78, 5) is 11.8. The van der Waals surface area contributed by atoms with Crippen LogP contribution in [-0.4, -0.2) is 34.0 Å². The van der Waals surface area contributed by atoms with Crippen LogP contribution in [0.3, 0.4) is 0 Å². The molecule has 0 spiro atoms. The zero-order chi connectivity index (χ0) is 14.0. The van der Waals surface area contributed by atoms with Crippen molar-refractivity contribution in [2.24, 2.45) is 23.2 Å². The lowest BCUT2D eigenvalue weighted by molar-refractivity contribution is -0.212. The van der Waals surface area contributed by atoms with Crippen molar-refractivity contribution in [3.8, 4) is 0 Å². The van der Waals surface area contributed by atoms with E-state index in [1.165, 1.54) is 0 Å². The molecule has 4 heteroatoms. The average molecular weight is 268 g/mol. The Hall–Kier alpha value is -0.610. The maximum Gasteiger partial charge on any atom is 0.309 e. The highest BCUT2D eigenvalue weighted by Crippen LogP contribution is 2.58. The zero-order valence-corrected chi connectivity index (χ0v) is 11.9. The summed E-state index contributed by atoms with van der Waals surface area (Å²) in [6.45, 7) is 5.80. The van der Waals surface area contributed by atoms with Crippen LogP contribution in [0.15, 0.2) is 0 Å². The lowest BCUT2D eigenvalue weighted by atomic mass is 9.51. The smallest absolute Gasteiger partial charge is 0.309 e. The third-order valence-electron chi connectivity index (χ3n) is 6.10. The first-order chi connectivity index (χ1) is 8.77. The molecule has 108 valence electrons. The van der Waals surface area contributed by atoms with E-state index in [1.54, 1.807) is 0 Å². The van der Waals surface area contributed by atoms with Crippen LogP contribution in [0.25, 0.3) is 0 Å². The van der Waals surface area contributed by atoms with Crippen LogP contribution >= 0.6 is 0 Å². The Morgan fingerprint density at radius 1 is 1.26 bits per heavy atom. The fraction of sp³-hybridized carbons (Fsp3) is 0.933. The van der Waals surface area contributed by atoms with E-state index in [2.05, 4.69) is 0 Å². The summed E-state index contributed by atoms with van der Waals surface area (Å²) < 4.78 is 5.59. The first kappa shape index (κ1) is 13.4. The standard InChI is InChI=1S/C15H24O4/c1-8-9-4-6-14(2)10(16)5-7-15(3,18)12(14)11(9)19-13(8)17/h8-12,16,18H,4-7H2,1-3H3/t8-,9-,10+,11-,12-,14-,15+/m0/s1. The molecule has 0 aromatic heterocycles. The molecule has 3 fully saturated rings. The molecule has 0 unspecified atom stereocenters. The minimum absolute atomic E-state index is 0.0792. The number of aliphatic hydroxyl groups is 2. The Bertz CT molecular complexity index is 405. The van der Waals surface area contributed by atoms with Crippen molar-refractivity contribution in [2.75, 3.05) is 0 Å². The third kappa shape index (κ3) is 1.69. The largest absolute Gasteiger partial charge is 0.461 e. The topological polar surface area (TPSA) is 66.8 Å². The van der Waals surface area contributed by atoms with Gasteiger partial charge in [-0.2, -0.15) is 0 Å². The third-order valence-corrected chi connectivity index (χ3v) is 6.10. The normalized spacial score (nSPS) is 57.3. The van der Waals surface area contributed by atoms with Gasteiger partial charge in [0.05, 0.1) is 17.6 Å². The van der Waals surface area contributed by atoms with Crippen molar-refractivity contribution in [2.45, 2.75) is 64.3 Å². The maximum absolute atomic E-state index is 11.8. The monoisotopic (exact) mass is 268 g/mol. The molecule has 0 amide bonds. The van der Waals surface area contributed by atoms with E-state index in [4.69, 9.17) is 4.74 Å². The SMILES string of the molecule is C[C@@H]1C(=O)O[C@H]2[C@H]1CC[C@@]1(C)[C@H](O)CC[C@@](C)(O)[C@@H]21. The van der Waals surface area contributed by atoms with Crippen molar-refractivity contribution in [3.05, 3.63) is 0 Å². The van der Waals surface area contributed by atoms with E-state index in [0.29, 0.717) is 12.8 Å². The fourth-order valence-corrected chi connectivity index (χ4v) is 4.88. The van der Waals surface area contributed by atoms with Crippen LogP contribution < -0.4 is 0 Å². The van der Waals surface area contributed by atoms with Crippen LogP contribution in [-0.2, 0) is 9.53 Å². The Kier molecular flexibility index (Phi) is 2.78. The molecule has 1 heterocycles. The van der Waals surface area contributed by atoms with Gasteiger partial charge in [-0.05, 0) is 32.6 Å². The van der Waals surface area contributed by atoms with Gasteiger partial charge in [0.15, 0.2) is 0 Å². The highest BCUT2D eigenvalue weighted by atomic mass is 16.6. The van der Waals surface area contributed by atoms with Gasteiger partial charge >= 0.3 is 5.97 Å². The van der Waals surface area contributed by atoms with Crippen molar-refractivity contribution in [1.29, 1.82) is 0 Å². The summed E-state index contributed by atoms with van der Waals surface area (Å²) in [5.41, 5.74) is -1.20. The molecule has 0 radical (unpaired) electrons. The molecular weight excluding hydrogens is 244 g/mol. The quantitative estimate of drug-likeness (QED) is 0.653. The molecule has 2 aliphatic carbocycles. The molecule has 0 aromatic carbocycles. The van der Waals surface area contributed by atoms with Gasteiger partial charge in [0.25, 0.3) is 0 Å². The van der Waals surface area contributed by atoms with Gasteiger partial charge in [0, 0.05) is 17.3 Å². The second-order valence-corrected chi connectivity index (χ2v) is 7.29. The fourth-order valence-electron chi connectivity index (χ4n) is 4.88. The van der Waals surface area contributed by atoms with Crippen LogP contribution in [0, 0.1) is 23.2 Å². The first-order valence-electron chi connectivity index (χ1n) is 7.38. The molecule has 1 saturated heterocycles. The van der Waals surface area contributed by atoms with E-state index in [0.717, 1.165) is 12.8 Å². The first-order valence-corrected chi connectivity index (χ1v) is 7.38. The van der Waals surface area contributed by atoms with E-state index in [1.807, 2.05) is 20.8 Å². The molecule has 0 bridgehead atoms. The molecule has 3 rings (SSSR count). The number of esters is 1. The highest BCUT2D eigenvalue weighted by Gasteiger charge is 2.63. The van der Waals surface area contributed by atoms with Crippen LogP contribution in [0.1, 0.15) is 46.5 Å². The molecule has 19 heavy (non-hydrogen) atoms. The number of aliphatic hydroxyl groups excluding tert-OH is 1. The summed E-state index contributed by atoms with van der Waals surface area (Å²) >= 11 is 0. The molecule has 2 saturated carbocycles. The molecule has 0 aromatic rings. The lowest BCUT2D eigenvalue weighted by Crippen LogP contribution is -2.62. The summed E-state index contributed by atoms with van der Waals surface area (Å²) in [7, 11) is 0. The number of hydrogen-bond acceptors (Lipinski definition) is 4. The number of hydrogen-bond donors (Lipinski definition) is 2. The number of ether oxygens (including phenoxy) is 1. The summed E-state index contributed by atoms with van der Waals surface area (Å²) in [6, 6.07) is 0. The predicted molar refractivity (Wildman–Crippen MR) is 69.2 cm³/mol. The molecule has 3 aliphatic rings. The van der Waals surface area contributed by atoms with Crippen molar-refractivity contribution < 1.29 is 19.7 Å². The van der Waals surface area contributed by atoms with Gasteiger partial charge < -0.3 is 14.9 Å². The van der Waals surface area contributed by atoms with Gasteiger partial charge in [-0.1, -0.05) is 13.8 Å². The highest BCUT2D eigenvalue weighted by molar-refractivity contribution is 5.75. The number of fused-ring (bicyclic) bond motifs is 3. The lowest BCUT2D eigenvalue weighted by Gasteiger charge is -2.57. The van der Waals surface area contributed by atoms with E-state index in [-0.39, 0.29) is 35.2 Å². The van der Waals surface area contributed by atoms with E-state index < -0.39 is 11.7 Å². The Morgan fingerprint density at radius 2 is 1.95 bits per heavy atom. The Morgan fingerprint density at radius 3 is 2.63 bits per heavy atom. The molecule has 7 atom stereocenters. The average Bonchev–Trinajstić information content (AvgIpc) is 2.60. The molecular formula is C15H24O4. The summed E-state index contributed by atoms with van der Waals surface area (Å²) in [6.07, 6.45) is 2.32. The summed E-state index contributed by atoms with van der Waals surface area (Å²) in [5.74, 6) is -0.182. The number of rotatable bonds is 0. The molecule has 2 N–H and O–H groups in total. The van der Waals surface area contributed by atoms with Gasteiger partial charge in [-0.25, -0.2) is 0 Å². The van der Waals surface area contributed by atoms with Crippen LogP contribution in [0.2, 0.25) is 0 Å². The summed E-state index contributed by atoms with van der Waals surface area (Å²) in [5, 5.41) is 21.2. The van der Waals surface area contributed by atoms with Crippen LogP contribution in [0.5, 0.6) is 0 Å². The minimum Gasteiger partial charge on any atom is -0.461 e. The van der Waals surface area contributed by atoms with Crippen molar-refractivity contribution >= 4 is 5.97 Å². The zero-order valence-electron chi connectivity index (χ0n) is 11.9. The Balaban J connectivity index is 2.01. The van der Waals surface area contributed by atoms with Crippen molar-refractivity contribution in [3.63, 3.8) is 0 Å².